The molecule has 1 aliphatic rings. The summed E-state index contributed by atoms with van der Waals surface area (Å²) in [5, 5.41) is 6.13. The summed E-state index contributed by atoms with van der Waals surface area (Å²) >= 11 is 0. The summed E-state index contributed by atoms with van der Waals surface area (Å²) in [7, 11) is 1.59. The molecule has 1 aliphatic heterocycles. The third-order valence-electron chi connectivity index (χ3n) is 3.90. The molecule has 1 fully saturated rings. The van der Waals surface area contributed by atoms with Crippen LogP contribution in [0.4, 0.5) is 4.39 Å². The highest BCUT2D eigenvalue weighted by atomic mass is 19.1. The zero-order valence-electron chi connectivity index (χ0n) is 12.9. The van der Waals surface area contributed by atoms with Crippen LogP contribution in [0.3, 0.4) is 0 Å². The van der Waals surface area contributed by atoms with Gasteiger partial charge in [-0.05, 0) is 56.6 Å². The molecule has 0 aliphatic carbocycles. The van der Waals surface area contributed by atoms with Crippen molar-refractivity contribution >= 4 is 5.91 Å². The molecule has 2 N–H and O–H groups in total. The van der Waals surface area contributed by atoms with Gasteiger partial charge in [0.15, 0.2) is 0 Å². The molecule has 1 heterocycles. The highest BCUT2D eigenvalue weighted by Crippen LogP contribution is 2.22. The van der Waals surface area contributed by atoms with Gasteiger partial charge in [-0.2, -0.15) is 0 Å². The molecule has 0 bridgehead atoms. The van der Waals surface area contributed by atoms with E-state index in [4.69, 9.17) is 9.47 Å². The van der Waals surface area contributed by atoms with E-state index in [0.717, 1.165) is 13.1 Å². The first-order valence-corrected chi connectivity index (χ1v) is 7.59. The highest BCUT2D eigenvalue weighted by molar-refractivity contribution is 5.85. The van der Waals surface area contributed by atoms with E-state index in [1.54, 1.807) is 19.2 Å². The third kappa shape index (κ3) is 4.42. The van der Waals surface area contributed by atoms with Crippen LogP contribution < -0.4 is 15.4 Å². The van der Waals surface area contributed by atoms with E-state index >= 15 is 0 Å². The number of hydrogen-bond acceptors (Lipinski definition) is 4. The molecule has 2 rings (SSSR count). The second kappa shape index (κ2) is 8.10. The minimum Gasteiger partial charge on any atom is -0.494 e. The largest absolute Gasteiger partial charge is 0.494 e. The van der Waals surface area contributed by atoms with Crippen LogP contribution in [0.25, 0.3) is 0 Å². The first kappa shape index (κ1) is 16.7. The normalized spacial score (nSPS) is 17.0. The van der Waals surface area contributed by atoms with E-state index in [1.807, 2.05) is 0 Å². The van der Waals surface area contributed by atoms with Gasteiger partial charge in [0, 0.05) is 13.7 Å². The van der Waals surface area contributed by atoms with Gasteiger partial charge in [0.05, 0.1) is 6.61 Å². The van der Waals surface area contributed by atoms with Gasteiger partial charge < -0.3 is 20.1 Å². The van der Waals surface area contributed by atoms with E-state index in [-0.39, 0.29) is 11.7 Å². The molecule has 1 amide bonds. The molecule has 1 saturated heterocycles. The monoisotopic (exact) mass is 310 g/mol. The highest BCUT2D eigenvalue weighted by Gasteiger charge is 2.39. The molecule has 1 aromatic rings. The predicted octanol–water partition coefficient (Wildman–Crippen LogP) is 1.48. The number of methoxy groups -OCH3 is 1. The Morgan fingerprint density at radius 1 is 1.32 bits per heavy atom. The molecule has 5 nitrogen and oxygen atoms in total. The van der Waals surface area contributed by atoms with Gasteiger partial charge in [0.25, 0.3) is 5.91 Å². The number of hydrogen-bond donors (Lipinski definition) is 2. The van der Waals surface area contributed by atoms with Crippen molar-refractivity contribution in [2.24, 2.45) is 0 Å². The summed E-state index contributed by atoms with van der Waals surface area (Å²) in [5.74, 6) is 0.282. The van der Waals surface area contributed by atoms with E-state index in [9.17, 15) is 9.18 Å². The first-order chi connectivity index (χ1) is 10.7. The lowest BCUT2D eigenvalue weighted by Gasteiger charge is -2.34. The van der Waals surface area contributed by atoms with Crippen LogP contribution in [0.15, 0.2) is 24.3 Å². The van der Waals surface area contributed by atoms with Crippen LogP contribution in [0.2, 0.25) is 0 Å². The topological polar surface area (TPSA) is 59.6 Å². The number of halogens is 1. The van der Waals surface area contributed by atoms with Gasteiger partial charge in [-0.1, -0.05) is 0 Å². The number of carbonyl (C=O) groups is 1. The summed E-state index contributed by atoms with van der Waals surface area (Å²) in [6.07, 6.45) is 2.05. The molecular weight excluding hydrogens is 287 g/mol. The van der Waals surface area contributed by atoms with Crippen molar-refractivity contribution in [2.75, 3.05) is 33.4 Å². The van der Waals surface area contributed by atoms with Crippen molar-refractivity contribution in [3.05, 3.63) is 30.1 Å². The first-order valence-electron chi connectivity index (χ1n) is 7.59. The molecule has 22 heavy (non-hydrogen) atoms. The second-order valence-corrected chi connectivity index (χ2v) is 5.36. The Morgan fingerprint density at radius 3 is 2.64 bits per heavy atom. The van der Waals surface area contributed by atoms with Gasteiger partial charge in [0.2, 0.25) is 0 Å². The summed E-state index contributed by atoms with van der Waals surface area (Å²) in [6.45, 7) is 2.57. The Labute approximate surface area is 130 Å². The summed E-state index contributed by atoms with van der Waals surface area (Å²) in [5.41, 5.74) is -0.705. The van der Waals surface area contributed by atoms with Crippen molar-refractivity contribution in [3.8, 4) is 5.75 Å². The van der Waals surface area contributed by atoms with Crippen LogP contribution in [0.5, 0.6) is 5.75 Å². The quantitative estimate of drug-likeness (QED) is 0.749. The molecule has 0 spiro atoms. The molecule has 0 saturated carbocycles. The fourth-order valence-corrected chi connectivity index (χ4v) is 2.51. The third-order valence-corrected chi connectivity index (χ3v) is 3.90. The van der Waals surface area contributed by atoms with Crippen molar-refractivity contribution < 1.29 is 18.7 Å². The SMILES string of the molecule is COC1(C(=O)NCCCOc2ccc(F)cc2)CCNCC1. The van der Waals surface area contributed by atoms with Crippen molar-refractivity contribution in [2.45, 2.75) is 24.9 Å². The Bertz CT molecular complexity index is 473. The molecule has 6 heteroatoms. The van der Waals surface area contributed by atoms with Gasteiger partial charge in [-0.25, -0.2) is 4.39 Å². The lowest BCUT2D eigenvalue weighted by molar-refractivity contribution is -0.146. The molecule has 0 radical (unpaired) electrons. The number of amides is 1. The molecule has 0 atom stereocenters. The van der Waals surface area contributed by atoms with Crippen LogP contribution in [0, 0.1) is 5.82 Å². The maximum absolute atomic E-state index is 12.7. The molecule has 0 unspecified atom stereocenters. The van der Waals surface area contributed by atoms with Crippen LogP contribution >= 0.6 is 0 Å². The van der Waals surface area contributed by atoms with Crippen molar-refractivity contribution in [1.29, 1.82) is 0 Å². The number of piperidine rings is 1. The number of benzene rings is 1. The van der Waals surface area contributed by atoms with E-state index in [1.165, 1.54) is 12.1 Å². The summed E-state index contributed by atoms with van der Waals surface area (Å²) in [6, 6.07) is 5.89. The Hall–Kier alpha value is -1.66. The van der Waals surface area contributed by atoms with Crippen LogP contribution in [0.1, 0.15) is 19.3 Å². The Morgan fingerprint density at radius 2 is 2.00 bits per heavy atom. The molecule has 0 aromatic heterocycles. The minimum atomic E-state index is -0.705. The Kier molecular flexibility index (Phi) is 6.15. The summed E-state index contributed by atoms with van der Waals surface area (Å²) < 4.78 is 23.7. The van der Waals surface area contributed by atoms with Gasteiger partial charge >= 0.3 is 0 Å². The molecular formula is C16H23FN2O3. The van der Waals surface area contributed by atoms with Crippen LogP contribution in [-0.2, 0) is 9.53 Å². The smallest absolute Gasteiger partial charge is 0.252 e. The fourth-order valence-electron chi connectivity index (χ4n) is 2.51. The van der Waals surface area contributed by atoms with E-state index in [0.29, 0.717) is 38.2 Å². The second-order valence-electron chi connectivity index (χ2n) is 5.36. The number of nitrogens with one attached hydrogen (secondary N) is 2. The lowest BCUT2D eigenvalue weighted by atomic mass is 9.91. The number of ether oxygens (including phenoxy) is 2. The molecule has 122 valence electrons. The minimum absolute atomic E-state index is 0.0571. The van der Waals surface area contributed by atoms with Crippen LogP contribution in [-0.4, -0.2) is 44.9 Å². The van der Waals surface area contributed by atoms with Gasteiger partial charge in [0.1, 0.15) is 17.2 Å². The zero-order valence-corrected chi connectivity index (χ0v) is 12.9. The maximum atomic E-state index is 12.7. The van der Waals surface area contributed by atoms with Crippen molar-refractivity contribution in [1.82, 2.24) is 10.6 Å². The fraction of sp³-hybridized carbons (Fsp3) is 0.562. The predicted molar refractivity (Wildman–Crippen MR) is 81.4 cm³/mol. The van der Waals surface area contributed by atoms with E-state index in [2.05, 4.69) is 10.6 Å². The summed E-state index contributed by atoms with van der Waals surface area (Å²) in [4.78, 5) is 12.3. The number of rotatable bonds is 7. The number of carbonyl (C=O) groups excluding carboxylic acids is 1. The van der Waals surface area contributed by atoms with E-state index < -0.39 is 5.60 Å². The average Bonchev–Trinajstić information content (AvgIpc) is 2.56. The van der Waals surface area contributed by atoms with Gasteiger partial charge in [-0.3, -0.25) is 4.79 Å². The zero-order chi connectivity index (χ0) is 15.8. The Balaban J connectivity index is 1.67. The van der Waals surface area contributed by atoms with Crippen molar-refractivity contribution in [3.63, 3.8) is 0 Å². The lowest BCUT2D eigenvalue weighted by Crippen LogP contribution is -2.54. The average molecular weight is 310 g/mol. The molecule has 1 aromatic carbocycles. The van der Waals surface area contributed by atoms with Gasteiger partial charge in [-0.15, -0.1) is 0 Å². The standard InChI is InChI=1S/C16H23FN2O3/c1-21-16(7-10-18-11-8-16)15(20)19-9-2-12-22-14-5-3-13(17)4-6-14/h3-6,18H,2,7-12H2,1H3,(H,19,20). The maximum Gasteiger partial charge on any atom is 0.252 e.